The van der Waals surface area contributed by atoms with Gasteiger partial charge in [0.25, 0.3) is 0 Å². The van der Waals surface area contributed by atoms with Crippen molar-refractivity contribution in [3.8, 4) is 0 Å². The second-order valence-electron chi connectivity index (χ2n) is 8.20. The van der Waals surface area contributed by atoms with Crippen molar-refractivity contribution < 1.29 is 28.5 Å². The monoisotopic (exact) mass is 431 g/mol. The van der Waals surface area contributed by atoms with Crippen LogP contribution in [-0.4, -0.2) is 25.1 Å². The highest BCUT2D eigenvalue weighted by Gasteiger charge is 2.52. The van der Waals surface area contributed by atoms with Gasteiger partial charge in [0.05, 0.1) is 14.1 Å². The molecule has 0 saturated heterocycles. The first-order valence-electron chi connectivity index (χ1n) is 8.03. The van der Waals surface area contributed by atoms with Crippen molar-refractivity contribution in [3.05, 3.63) is 46.5 Å². The number of halogens is 2. The Labute approximate surface area is 157 Å². The molecule has 0 amide bonds. The normalized spacial score (nSPS) is 25.8. The predicted molar refractivity (Wildman–Crippen MR) is 90.2 cm³/mol. The Balaban J connectivity index is 0.00000176. The summed E-state index contributed by atoms with van der Waals surface area (Å²) in [6, 6.07) is 8.30. The Bertz CT molecular complexity index is 559. The molecular formula is C19H27ClIN. The number of benzene rings is 1. The average Bonchev–Trinajstić information content (AvgIpc) is 2.40. The number of nitrogens with zero attached hydrogens (tertiary/aromatic N) is 1. The van der Waals surface area contributed by atoms with E-state index >= 15 is 0 Å². The van der Waals surface area contributed by atoms with Crippen molar-refractivity contribution in [1.82, 2.24) is 0 Å². The molecule has 0 aromatic heterocycles. The van der Waals surface area contributed by atoms with Crippen LogP contribution in [-0.2, 0) is 6.54 Å². The molecule has 2 unspecified atom stereocenters. The van der Waals surface area contributed by atoms with Gasteiger partial charge in [0.15, 0.2) is 0 Å². The van der Waals surface area contributed by atoms with Gasteiger partial charge in [-0.15, -0.1) is 0 Å². The molecule has 0 aliphatic heterocycles. The molecule has 0 heterocycles. The highest BCUT2D eigenvalue weighted by atomic mass is 127. The first-order valence-corrected chi connectivity index (χ1v) is 8.41. The molecule has 0 radical (unpaired) electrons. The fourth-order valence-electron chi connectivity index (χ4n) is 4.29. The summed E-state index contributed by atoms with van der Waals surface area (Å²) in [7, 11) is 4.68. The molecule has 22 heavy (non-hydrogen) atoms. The van der Waals surface area contributed by atoms with Crippen LogP contribution in [0, 0.1) is 17.3 Å². The van der Waals surface area contributed by atoms with E-state index in [2.05, 4.69) is 46.2 Å². The van der Waals surface area contributed by atoms with Crippen molar-refractivity contribution in [1.29, 1.82) is 0 Å². The van der Waals surface area contributed by atoms with Gasteiger partial charge in [0, 0.05) is 10.6 Å². The molecule has 0 N–H and O–H groups in total. The summed E-state index contributed by atoms with van der Waals surface area (Å²) in [6.45, 7) is 7.14. The van der Waals surface area contributed by atoms with Gasteiger partial charge in [-0.3, -0.25) is 0 Å². The summed E-state index contributed by atoms with van der Waals surface area (Å²) < 4.78 is 1.02. The van der Waals surface area contributed by atoms with Crippen LogP contribution in [0.3, 0.4) is 0 Å². The average molecular weight is 432 g/mol. The number of quaternary nitrogens is 1. The van der Waals surface area contributed by atoms with E-state index in [9.17, 15) is 0 Å². The van der Waals surface area contributed by atoms with Gasteiger partial charge in [0.2, 0.25) is 0 Å². The molecule has 122 valence electrons. The van der Waals surface area contributed by atoms with Gasteiger partial charge in [-0.05, 0) is 47.8 Å². The van der Waals surface area contributed by atoms with E-state index in [1.807, 2.05) is 12.1 Å². The van der Waals surface area contributed by atoms with Crippen molar-refractivity contribution in [3.63, 3.8) is 0 Å². The number of hydrogen-bond donors (Lipinski definition) is 0. The minimum absolute atomic E-state index is 0. The van der Waals surface area contributed by atoms with E-state index in [1.165, 1.54) is 24.9 Å². The molecule has 2 atom stereocenters. The Kier molecular flexibility index (Phi) is 5.36. The zero-order valence-electron chi connectivity index (χ0n) is 14.1. The molecule has 1 fully saturated rings. The van der Waals surface area contributed by atoms with Crippen molar-refractivity contribution in [2.24, 2.45) is 17.3 Å². The van der Waals surface area contributed by atoms with Crippen molar-refractivity contribution in [2.45, 2.75) is 33.2 Å². The smallest absolute Gasteiger partial charge is 0.104 e. The van der Waals surface area contributed by atoms with Gasteiger partial charge in [-0.1, -0.05) is 43.7 Å². The minimum atomic E-state index is 0. The lowest BCUT2D eigenvalue weighted by atomic mass is 9.49. The van der Waals surface area contributed by atoms with Crippen LogP contribution in [0.1, 0.15) is 32.3 Å². The fourth-order valence-corrected chi connectivity index (χ4v) is 4.42. The molecule has 1 nitrogen and oxygen atoms in total. The van der Waals surface area contributed by atoms with E-state index < -0.39 is 0 Å². The summed E-state index contributed by atoms with van der Waals surface area (Å²) in [5, 5.41) is 0.821. The maximum absolute atomic E-state index is 5.98. The highest BCUT2D eigenvalue weighted by Crippen LogP contribution is 2.59. The summed E-state index contributed by atoms with van der Waals surface area (Å²) in [4.78, 5) is 0. The van der Waals surface area contributed by atoms with E-state index in [4.69, 9.17) is 11.6 Å². The highest BCUT2D eigenvalue weighted by molar-refractivity contribution is 6.30. The van der Waals surface area contributed by atoms with Gasteiger partial charge in [-0.2, -0.15) is 0 Å². The zero-order chi connectivity index (χ0) is 15.3. The molecular weight excluding hydrogens is 405 g/mol. The minimum Gasteiger partial charge on any atom is -1.00 e. The SMILES string of the molecule is CC1(C)C2CC=C(C[N+](C)(C)Cc3ccc(Cl)cc3)C1C2.[I-]. The Morgan fingerprint density at radius 1 is 1.14 bits per heavy atom. The van der Waals surface area contributed by atoms with Gasteiger partial charge in [0.1, 0.15) is 13.1 Å². The van der Waals surface area contributed by atoms with Gasteiger partial charge < -0.3 is 28.5 Å². The quantitative estimate of drug-likeness (QED) is 0.388. The lowest BCUT2D eigenvalue weighted by Crippen LogP contribution is -3.00. The van der Waals surface area contributed by atoms with E-state index in [-0.39, 0.29) is 24.0 Å². The third-order valence-corrected chi connectivity index (χ3v) is 5.97. The van der Waals surface area contributed by atoms with Crippen LogP contribution < -0.4 is 24.0 Å². The third kappa shape index (κ3) is 3.54. The van der Waals surface area contributed by atoms with Crippen molar-refractivity contribution in [2.75, 3.05) is 20.6 Å². The molecule has 0 spiro atoms. The molecule has 2 bridgehead atoms. The maximum Gasteiger partial charge on any atom is 0.104 e. The number of fused-ring (bicyclic) bond motifs is 1. The van der Waals surface area contributed by atoms with Crippen LogP contribution in [0.2, 0.25) is 5.02 Å². The summed E-state index contributed by atoms with van der Waals surface area (Å²) in [6.07, 6.45) is 5.24. The molecule has 1 aromatic rings. The van der Waals surface area contributed by atoms with Crippen LogP contribution in [0.5, 0.6) is 0 Å². The first-order chi connectivity index (χ1) is 9.78. The number of likely N-dealkylation sites (N-methyl/N-ethyl adjacent to an activating group) is 1. The number of rotatable bonds is 4. The lowest BCUT2D eigenvalue weighted by Gasteiger charge is -2.57. The summed E-state index contributed by atoms with van der Waals surface area (Å²) in [5.41, 5.74) is 3.60. The molecule has 3 heteroatoms. The Hall–Kier alpha value is -0.0600. The largest absolute Gasteiger partial charge is 1.00 e. The van der Waals surface area contributed by atoms with Crippen molar-refractivity contribution >= 4 is 11.6 Å². The summed E-state index contributed by atoms with van der Waals surface area (Å²) in [5.74, 6) is 1.75. The molecule has 3 aliphatic carbocycles. The van der Waals surface area contributed by atoms with Crippen LogP contribution >= 0.6 is 11.6 Å². The number of hydrogen-bond acceptors (Lipinski definition) is 0. The Morgan fingerprint density at radius 3 is 2.32 bits per heavy atom. The fraction of sp³-hybridized carbons (Fsp3) is 0.579. The molecule has 4 rings (SSSR count). The summed E-state index contributed by atoms with van der Waals surface area (Å²) >= 11 is 5.98. The molecule has 3 aliphatic rings. The second-order valence-corrected chi connectivity index (χ2v) is 8.64. The van der Waals surface area contributed by atoms with E-state index in [0.717, 1.165) is 27.9 Å². The Morgan fingerprint density at radius 2 is 1.77 bits per heavy atom. The predicted octanol–water partition coefficient (Wildman–Crippen LogP) is 1.91. The lowest BCUT2D eigenvalue weighted by molar-refractivity contribution is -0.899. The zero-order valence-corrected chi connectivity index (χ0v) is 17.0. The number of allylic oxidation sites excluding steroid dienone is 1. The second kappa shape index (κ2) is 6.45. The standard InChI is InChI=1S/C19H27ClN.HI/c1-19(2)16-8-7-15(18(19)11-16)13-21(3,4)12-14-5-9-17(20)10-6-14;/h5-7,9-10,16,18H,8,11-13H2,1-4H3;1H/q+1;/p-1. The maximum atomic E-state index is 5.98. The first kappa shape index (κ1) is 18.3. The van der Waals surface area contributed by atoms with Gasteiger partial charge >= 0.3 is 0 Å². The van der Waals surface area contributed by atoms with E-state index in [0.29, 0.717) is 5.41 Å². The van der Waals surface area contributed by atoms with Crippen LogP contribution in [0.25, 0.3) is 0 Å². The molecule has 1 saturated carbocycles. The molecule has 1 aromatic carbocycles. The van der Waals surface area contributed by atoms with Crippen LogP contribution in [0.15, 0.2) is 35.9 Å². The van der Waals surface area contributed by atoms with E-state index in [1.54, 1.807) is 5.57 Å². The third-order valence-electron chi connectivity index (χ3n) is 5.72. The van der Waals surface area contributed by atoms with Gasteiger partial charge in [-0.25, -0.2) is 0 Å². The topological polar surface area (TPSA) is 0 Å². The van der Waals surface area contributed by atoms with Crippen LogP contribution in [0.4, 0.5) is 0 Å².